The summed E-state index contributed by atoms with van der Waals surface area (Å²) in [6.45, 7) is 1.43. The maximum absolute atomic E-state index is 12.2. The third kappa shape index (κ3) is 5.56. The molecule has 0 radical (unpaired) electrons. The Hall–Kier alpha value is -2.86. The fraction of sp³-hybridized carbons (Fsp3) is 0.333. The summed E-state index contributed by atoms with van der Waals surface area (Å²) in [6.07, 6.45) is 0.517. The van der Waals surface area contributed by atoms with Gasteiger partial charge in [-0.05, 0) is 17.7 Å². The highest BCUT2D eigenvalue weighted by molar-refractivity contribution is 5.82. The van der Waals surface area contributed by atoms with Crippen molar-refractivity contribution in [1.29, 1.82) is 0 Å². The molecule has 2 aromatic carbocycles. The third-order valence-electron chi connectivity index (χ3n) is 4.59. The van der Waals surface area contributed by atoms with E-state index in [2.05, 4.69) is 5.32 Å². The van der Waals surface area contributed by atoms with Crippen LogP contribution >= 0.6 is 0 Å². The van der Waals surface area contributed by atoms with E-state index >= 15 is 0 Å². The van der Waals surface area contributed by atoms with Gasteiger partial charge in [0.05, 0.1) is 12.6 Å². The van der Waals surface area contributed by atoms with Crippen molar-refractivity contribution < 1.29 is 14.3 Å². The van der Waals surface area contributed by atoms with E-state index in [4.69, 9.17) is 10.5 Å². The molecule has 1 aliphatic heterocycles. The first kappa shape index (κ1) is 18.9. The van der Waals surface area contributed by atoms with Crippen molar-refractivity contribution in [2.24, 2.45) is 5.73 Å². The summed E-state index contributed by atoms with van der Waals surface area (Å²) in [5.74, 6) is 0.680. The Balaban J connectivity index is 1.41. The first-order valence-electron chi connectivity index (χ1n) is 9.17. The molecule has 1 saturated heterocycles. The lowest BCUT2D eigenvalue weighted by Crippen LogP contribution is -2.39. The molecule has 1 heterocycles. The fourth-order valence-corrected chi connectivity index (χ4v) is 3.18. The molecular weight excluding hydrogens is 342 g/mol. The van der Waals surface area contributed by atoms with E-state index in [-0.39, 0.29) is 30.3 Å². The predicted octanol–water partition coefficient (Wildman–Crippen LogP) is 1.87. The van der Waals surface area contributed by atoms with Crippen molar-refractivity contribution in [3.8, 4) is 5.75 Å². The first-order valence-corrected chi connectivity index (χ1v) is 9.17. The van der Waals surface area contributed by atoms with Crippen LogP contribution in [0.5, 0.6) is 5.75 Å². The number of hydrogen-bond acceptors (Lipinski definition) is 4. The molecule has 2 aromatic rings. The van der Waals surface area contributed by atoms with Gasteiger partial charge < -0.3 is 20.7 Å². The number of hydrogen-bond donors (Lipinski definition) is 2. The molecule has 6 nitrogen and oxygen atoms in total. The van der Waals surface area contributed by atoms with Crippen LogP contribution in [0, 0.1) is 0 Å². The molecule has 2 atom stereocenters. The molecule has 0 aromatic heterocycles. The Bertz CT molecular complexity index is 752. The molecule has 0 spiro atoms. The Morgan fingerprint density at radius 2 is 1.81 bits per heavy atom. The van der Waals surface area contributed by atoms with E-state index in [1.807, 2.05) is 60.7 Å². The molecular formula is C21H25N3O3. The minimum atomic E-state index is -0.348. The Morgan fingerprint density at radius 3 is 2.52 bits per heavy atom. The van der Waals surface area contributed by atoms with E-state index in [0.29, 0.717) is 26.1 Å². The van der Waals surface area contributed by atoms with Gasteiger partial charge in [-0.2, -0.15) is 0 Å². The number of nitrogens with two attached hydrogens (primary N) is 1. The monoisotopic (exact) mass is 367 g/mol. The molecule has 6 heteroatoms. The number of para-hydroxylation sites is 1. The minimum absolute atomic E-state index is 0.0318. The number of amides is 2. The van der Waals surface area contributed by atoms with Crippen LogP contribution in [0.4, 0.5) is 0 Å². The number of nitrogens with zero attached hydrogens (tertiary/aromatic N) is 1. The number of likely N-dealkylation sites (tertiary alicyclic amines) is 1. The molecule has 0 aliphatic carbocycles. The standard InChI is InChI=1S/C21H25N3O3/c22-19(16-7-3-1-4-8-16)14-20(25)23-17-13-21(26)24(15-17)11-12-27-18-9-5-2-6-10-18/h1-10,17,19H,11-15,22H2,(H,23,25). The minimum Gasteiger partial charge on any atom is -0.492 e. The maximum Gasteiger partial charge on any atom is 0.224 e. The predicted molar refractivity (Wildman–Crippen MR) is 103 cm³/mol. The zero-order valence-electron chi connectivity index (χ0n) is 15.2. The molecule has 3 N–H and O–H groups in total. The Labute approximate surface area is 159 Å². The molecule has 3 rings (SSSR count). The lowest BCUT2D eigenvalue weighted by atomic mass is 10.0. The number of ether oxygens (including phenoxy) is 1. The van der Waals surface area contributed by atoms with E-state index in [1.54, 1.807) is 4.90 Å². The lowest BCUT2D eigenvalue weighted by Gasteiger charge is -2.18. The van der Waals surface area contributed by atoms with Crippen LogP contribution in [0.25, 0.3) is 0 Å². The summed E-state index contributed by atoms with van der Waals surface area (Å²) in [5, 5.41) is 2.93. The zero-order chi connectivity index (χ0) is 19.1. The van der Waals surface area contributed by atoms with Gasteiger partial charge in [0.2, 0.25) is 11.8 Å². The van der Waals surface area contributed by atoms with Crippen LogP contribution in [0.2, 0.25) is 0 Å². The van der Waals surface area contributed by atoms with Gasteiger partial charge in [0.15, 0.2) is 0 Å². The van der Waals surface area contributed by atoms with Gasteiger partial charge in [0, 0.05) is 25.4 Å². The van der Waals surface area contributed by atoms with Crippen molar-refractivity contribution in [3.05, 3.63) is 66.2 Å². The molecule has 0 bridgehead atoms. The summed E-state index contributed by atoms with van der Waals surface area (Å²) >= 11 is 0. The molecule has 1 fully saturated rings. The molecule has 27 heavy (non-hydrogen) atoms. The number of benzene rings is 2. The van der Waals surface area contributed by atoms with Crippen molar-refractivity contribution in [1.82, 2.24) is 10.2 Å². The van der Waals surface area contributed by atoms with Gasteiger partial charge in [0.25, 0.3) is 0 Å². The van der Waals surface area contributed by atoms with Crippen LogP contribution in [0.1, 0.15) is 24.4 Å². The van der Waals surface area contributed by atoms with E-state index in [1.165, 1.54) is 0 Å². The summed E-state index contributed by atoms with van der Waals surface area (Å²) < 4.78 is 5.64. The summed E-state index contributed by atoms with van der Waals surface area (Å²) in [6, 6.07) is 18.5. The van der Waals surface area contributed by atoms with Gasteiger partial charge in [-0.25, -0.2) is 0 Å². The highest BCUT2D eigenvalue weighted by Crippen LogP contribution is 2.15. The van der Waals surface area contributed by atoms with Crippen molar-refractivity contribution in [2.75, 3.05) is 19.7 Å². The van der Waals surface area contributed by atoms with Crippen LogP contribution in [0.3, 0.4) is 0 Å². The Kier molecular flexibility index (Phi) is 6.44. The Morgan fingerprint density at radius 1 is 1.15 bits per heavy atom. The van der Waals surface area contributed by atoms with Gasteiger partial charge >= 0.3 is 0 Å². The number of nitrogens with one attached hydrogen (secondary N) is 1. The number of rotatable bonds is 8. The van der Waals surface area contributed by atoms with E-state index < -0.39 is 0 Å². The van der Waals surface area contributed by atoms with Crippen molar-refractivity contribution in [2.45, 2.75) is 24.9 Å². The molecule has 2 unspecified atom stereocenters. The van der Waals surface area contributed by atoms with Crippen molar-refractivity contribution in [3.63, 3.8) is 0 Å². The summed E-state index contributed by atoms with van der Waals surface area (Å²) in [4.78, 5) is 26.1. The number of carbonyl (C=O) groups is 2. The maximum atomic E-state index is 12.2. The van der Waals surface area contributed by atoms with Crippen LogP contribution in [-0.2, 0) is 9.59 Å². The average molecular weight is 367 g/mol. The lowest BCUT2D eigenvalue weighted by molar-refractivity contribution is -0.128. The molecule has 1 aliphatic rings. The van der Waals surface area contributed by atoms with E-state index in [9.17, 15) is 9.59 Å². The summed E-state index contributed by atoms with van der Waals surface area (Å²) in [5.41, 5.74) is 7.02. The third-order valence-corrected chi connectivity index (χ3v) is 4.59. The molecule has 2 amide bonds. The van der Waals surface area contributed by atoms with Gasteiger partial charge in [-0.1, -0.05) is 48.5 Å². The zero-order valence-corrected chi connectivity index (χ0v) is 15.2. The normalized spacial score (nSPS) is 17.6. The SMILES string of the molecule is NC(CC(=O)NC1CC(=O)N(CCOc2ccccc2)C1)c1ccccc1. The van der Waals surface area contributed by atoms with Crippen LogP contribution in [-0.4, -0.2) is 42.5 Å². The van der Waals surface area contributed by atoms with Gasteiger partial charge in [-0.3, -0.25) is 9.59 Å². The van der Waals surface area contributed by atoms with Crippen LogP contribution < -0.4 is 15.8 Å². The summed E-state index contributed by atoms with van der Waals surface area (Å²) in [7, 11) is 0. The number of carbonyl (C=O) groups excluding carboxylic acids is 2. The second kappa shape index (κ2) is 9.19. The highest BCUT2D eigenvalue weighted by Gasteiger charge is 2.30. The smallest absolute Gasteiger partial charge is 0.224 e. The molecule has 142 valence electrons. The highest BCUT2D eigenvalue weighted by atomic mass is 16.5. The molecule has 0 saturated carbocycles. The first-order chi connectivity index (χ1) is 13.1. The average Bonchev–Trinajstić information content (AvgIpc) is 3.02. The topological polar surface area (TPSA) is 84.7 Å². The van der Waals surface area contributed by atoms with Crippen LogP contribution in [0.15, 0.2) is 60.7 Å². The second-order valence-electron chi connectivity index (χ2n) is 6.69. The van der Waals surface area contributed by atoms with Crippen molar-refractivity contribution >= 4 is 11.8 Å². The van der Waals surface area contributed by atoms with E-state index in [0.717, 1.165) is 11.3 Å². The van der Waals surface area contributed by atoms with Gasteiger partial charge in [-0.15, -0.1) is 0 Å². The fourth-order valence-electron chi connectivity index (χ4n) is 3.18. The largest absolute Gasteiger partial charge is 0.492 e. The second-order valence-corrected chi connectivity index (χ2v) is 6.69. The quantitative estimate of drug-likeness (QED) is 0.746. The van der Waals surface area contributed by atoms with Gasteiger partial charge in [0.1, 0.15) is 12.4 Å².